The quantitative estimate of drug-likeness (QED) is 0.337. The Balaban J connectivity index is 1.68. The van der Waals surface area contributed by atoms with E-state index in [1.807, 2.05) is 17.0 Å². The first-order valence-corrected chi connectivity index (χ1v) is 14.5. The van der Waals surface area contributed by atoms with Crippen molar-refractivity contribution in [2.75, 3.05) is 46.9 Å². The summed E-state index contributed by atoms with van der Waals surface area (Å²) in [6.45, 7) is 10.8. The summed E-state index contributed by atoms with van der Waals surface area (Å²) in [4.78, 5) is 23.0. The summed E-state index contributed by atoms with van der Waals surface area (Å²) >= 11 is 0. The van der Waals surface area contributed by atoms with Crippen molar-refractivity contribution in [3.8, 4) is 11.5 Å². The van der Waals surface area contributed by atoms with Crippen molar-refractivity contribution < 1.29 is 14.3 Å². The molecule has 2 atom stereocenters. The summed E-state index contributed by atoms with van der Waals surface area (Å²) in [5.41, 5.74) is 5.16. The Hall–Kier alpha value is -2.86. The van der Waals surface area contributed by atoms with Gasteiger partial charge in [0, 0.05) is 42.2 Å². The van der Waals surface area contributed by atoms with Crippen molar-refractivity contribution in [1.29, 1.82) is 0 Å². The number of methoxy groups -OCH3 is 1. The highest BCUT2D eigenvalue weighted by atomic mass is 16.5. The Kier molecular flexibility index (Phi) is 9.84. The van der Waals surface area contributed by atoms with Crippen LogP contribution in [0.4, 0.5) is 0 Å². The third-order valence-electron chi connectivity index (χ3n) is 7.78. The van der Waals surface area contributed by atoms with Crippen molar-refractivity contribution in [3.05, 3.63) is 58.7 Å². The van der Waals surface area contributed by atoms with Gasteiger partial charge in [0.2, 0.25) is 0 Å². The molecular formula is C32H45N3O3. The molecule has 0 aliphatic carbocycles. The Morgan fingerprint density at radius 3 is 2.37 bits per heavy atom. The van der Waals surface area contributed by atoms with Crippen LogP contribution in [0.2, 0.25) is 0 Å². The molecule has 0 saturated carbocycles. The number of unbranched alkanes of at least 4 members (excludes halogenated alkanes) is 2. The van der Waals surface area contributed by atoms with Crippen LogP contribution in [0.5, 0.6) is 11.5 Å². The van der Waals surface area contributed by atoms with Gasteiger partial charge in [-0.1, -0.05) is 45.7 Å². The van der Waals surface area contributed by atoms with Crippen molar-refractivity contribution >= 4 is 11.6 Å². The minimum atomic E-state index is 0.124. The number of rotatable bonds is 12. The standard InChI is InChI=1S/C32H45N3O3/c1-6-9-16-35(17-10-7-2)32(36)24-13-11-23(12-14-24)31-26-21-29(37-5)30(38-19-8-3)20-25(26)27-22-34(4)18-15-28(27)33-31/h11-14,20-21,27-28H,6-10,15-19,22H2,1-5H3/t27-,28-/m1/s1. The maximum absolute atomic E-state index is 13.3. The van der Waals surface area contributed by atoms with Crippen LogP contribution in [0, 0.1) is 0 Å². The molecule has 2 heterocycles. The van der Waals surface area contributed by atoms with E-state index in [1.165, 1.54) is 5.56 Å². The molecule has 2 aromatic carbocycles. The maximum Gasteiger partial charge on any atom is 0.253 e. The Labute approximate surface area is 229 Å². The van der Waals surface area contributed by atoms with Crippen LogP contribution in [-0.2, 0) is 0 Å². The highest BCUT2D eigenvalue weighted by molar-refractivity contribution is 6.15. The molecule has 38 heavy (non-hydrogen) atoms. The fourth-order valence-corrected chi connectivity index (χ4v) is 5.57. The molecular weight excluding hydrogens is 474 g/mol. The first-order chi connectivity index (χ1) is 18.5. The average Bonchev–Trinajstić information content (AvgIpc) is 2.95. The number of hydrogen-bond donors (Lipinski definition) is 0. The molecule has 2 aliphatic rings. The molecule has 2 aromatic rings. The van der Waals surface area contributed by atoms with Crippen LogP contribution in [0.15, 0.2) is 41.4 Å². The fraction of sp³-hybridized carbons (Fsp3) is 0.562. The molecule has 0 spiro atoms. The molecule has 1 fully saturated rings. The SMILES string of the molecule is CCCCN(CCCC)C(=O)c1ccc(C2=N[C@@H]3CCN(C)C[C@@H]3c3cc(OCCC)c(OC)cc32)cc1. The zero-order chi connectivity index (χ0) is 27.1. The van der Waals surface area contributed by atoms with Crippen molar-refractivity contribution in [2.45, 2.75) is 71.3 Å². The molecule has 0 unspecified atom stereocenters. The summed E-state index contributed by atoms with van der Waals surface area (Å²) in [5.74, 6) is 2.00. The summed E-state index contributed by atoms with van der Waals surface area (Å²) in [7, 11) is 3.88. The van der Waals surface area contributed by atoms with Gasteiger partial charge in [0.05, 0.1) is 25.5 Å². The molecule has 0 aromatic heterocycles. The molecule has 2 aliphatic heterocycles. The highest BCUT2D eigenvalue weighted by Gasteiger charge is 2.36. The van der Waals surface area contributed by atoms with E-state index in [0.717, 1.165) is 98.6 Å². The van der Waals surface area contributed by atoms with Gasteiger partial charge in [0.1, 0.15) is 0 Å². The summed E-state index contributed by atoms with van der Waals surface area (Å²) in [6.07, 6.45) is 6.21. The van der Waals surface area contributed by atoms with Crippen LogP contribution in [0.1, 0.15) is 92.3 Å². The van der Waals surface area contributed by atoms with E-state index >= 15 is 0 Å². The van der Waals surface area contributed by atoms with Gasteiger partial charge in [-0.25, -0.2) is 0 Å². The lowest BCUT2D eigenvalue weighted by atomic mass is 9.79. The number of carbonyl (C=O) groups is 1. The molecule has 1 saturated heterocycles. The van der Waals surface area contributed by atoms with Crippen molar-refractivity contribution in [1.82, 2.24) is 9.80 Å². The number of likely N-dealkylation sites (tertiary alicyclic amines) is 1. The van der Waals surface area contributed by atoms with Crippen LogP contribution >= 0.6 is 0 Å². The van der Waals surface area contributed by atoms with Gasteiger partial charge < -0.3 is 19.3 Å². The second-order valence-electron chi connectivity index (χ2n) is 10.7. The van der Waals surface area contributed by atoms with Gasteiger partial charge in [-0.3, -0.25) is 9.79 Å². The monoisotopic (exact) mass is 519 g/mol. The topological polar surface area (TPSA) is 54.4 Å². The van der Waals surface area contributed by atoms with Crippen LogP contribution in [0.25, 0.3) is 0 Å². The summed E-state index contributed by atoms with van der Waals surface area (Å²) in [6, 6.07) is 12.6. The predicted octanol–water partition coefficient (Wildman–Crippen LogP) is 6.17. The largest absolute Gasteiger partial charge is 0.493 e. The lowest BCUT2D eigenvalue weighted by Crippen LogP contribution is -2.41. The number of likely N-dealkylation sites (N-methyl/N-ethyl adjacent to an activating group) is 1. The number of fused-ring (bicyclic) bond motifs is 3. The van der Waals surface area contributed by atoms with Gasteiger partial charge in [0.15, 0.2) is 11.5 Å². The van der Waals surface area contributed by atoms with Crippen LogP contribution < -0.4 is 9.47 Å². The van der Waals surface area contributed by atoms with E-state index in [-0.39, 0.29) is 11.9 Å². The predicted molar refractivity (Wildman–Crippen MR) is 155 cm³/mol. The maximum atomic E-state index is 13.3. The van der Waals surface area contributed by atoms with Gasteiger partial charge in [0.25, 0.3) is 5.91 Å². The lowest BCUT2D eigenvalue weighted by Gasteiger charge is -2.39. The number of amides is 1. The molecule has 6 nitrogen and oxygen atoms in total. The summed E-state index contributed by atoms with van der Waals surface area (Å²) < 4.78 is 11.8. The number of hydrogen-bond acceptors (Lipinski definition) is 5. The van der Waals surface area contributed by atoms with E-state index < -0.39 is 0 Å². The molecule has 0 N–H and O–H groups in total. The highest BCUT2D eigenvalue weighted by Crippen LogP contribution is 2.42. The third-order valence-corrected chi connectivity index (χ3v) is 7.78. The lowest BCUT2D eigenvalue weighted by molar-refractivity contribution is 0.0751. The molecule has 4 rings (SSSR count). The Morgan fingerprint density at radius 1 is 1.03 bits per heavy atom. The minimum absolute atomic E-state index is 0.124. The normalized spacial score (nSPS) is 18.8. The fourth-order valence-electron chi connectivity index (χ4n) is 5.57. The smallest absolute Gasteiger partial charge is 0.253 e. The molecule has 0 bridgehead atoms. The zero-order valence-electron chi connectivity index (χ0n) is 24.0. The number of nitrogens with zero attached hydrogens (tertiary/aromatic N) is 3. The first-order valence-electron chi connectivity index (χ1n) is 14.5. The third kappa shape index (κ3) is 6.23. The van der Waals surface area contributed by atoms with Crippen LogP contribution in [0.3, 0.4) is 0 Å². The zero-order valence-corrected chi connectivity index (χ0v) is 24.0. The Bertz CT molecular complexity index is 1100. The van der Waals surface area contributed by atoms with Crippen molar-refractivity contribution in [2.24, 2.45) is 4.99 Å². The Morgan fingerprint density at radius 2 is 1.74 bits per heavy atom. The van der Waals surface area contributed by atoms with E-state index in [9.17, 15) is 4.79 Å². The number of piperidine rings is 1. The minimum Gasteiger partial charge on any atom is -0.493 e. The van der Waals surface area contributed by atoms with E-state index in [2.05, 4.69) is 57.0 Å². The van der Waals surface area contributed by atoms with E-state index in [4.69, 9.17) is 14.5 Å². The molecule has 1 amide bonds. The van der Waals surface area contributed by atoms with Gasteiger partial charge in [-0.2, -0.15) is 0 Å². The second kappa shape index (κ2) is 13.3. The van der Waals surface area contributed by atoms with E-state index in [1.54, 1.807) is 7.11 Å². The van der Waals surface area contributed by atoms with Gasteiger partial charge >= 0.3 is 0 Å². The molecule has 206 valence electrons. The molecule has 6 heteroatoms. The van der Waals surface area contributed by atoms with E-state index in [0.29, 0.717) is 12.5 Å². The van der Waals surface area contributed by atoms with Gasteiger partial charge in [-0.15, -0.1) is 0 Å². The van der Waals surface area contributed by atoms with Crippen molar-refractivity contribution in [3.63, 3.8) is 0 Å². The van der Waals surface area contributed by atoms with Gasteiger partial charge in [-0.05, 0) is 69.1 Å². The second-order valence-corrected chi connectivity index (χ2v) is 10.7. The first kappa shape index (κ1) is 28.2. The number of ether oxygens (including phenoxy) is 2. The number of carbonyl (C=O) groups excluding carboxylic acids is 1. The van der Waals surface area contributed by atoms with Crippen LogP contribution in [-0.4, -0.2) is 74.4 Å². The number of aliphatic imine (C=N–C) groups is 1. The average molecular weight is 520 g/mol. The molecule has 0 radical (unpaired) electrons. The number of benzene rings is 2. The summed E-state index contributed by atoms with van der Waals surface area (Å²) in [5, 5.41) is 0.